The number of unbranched alkanes of at least 4 members (excludes halogenated alkanes) is 3. The molecule has 0 N–H and O–H groups in total. The second-order valence-electron chi connectivity index (χ2n) is 3.19. The molecule has 0 aromatic rings. The van der Waals surface area contributed by atoms with Crippen LogP contribution in [0.1, 0.15) is 32.6 Å². The van der Waals surface area contributed by atoms with E-state index in [0.717, 1.165) is 6.54 Å². The van der Waals surface area contributed by atoms with Crippen molar-refractivity contribution in [3.05, 3.63) is 12.4 Å². The molecular weight excluding hydrogens is 148 g/mol. The fourth-order valence-electron chi connectivity index (χ4n) is 1.31. The van der Waals surface area contributed by atoms with Crippen LogP contribution in [0.15, 0.2) is 17.4 Å². The molecule has 0 spiro atoms. The third-order valence-electron chi connectivity index (χ3n) is 2.08. The highest BCUT2D eigenvalue weighted by Crippen LogP contribution is 2.02. The van der Waals surface area contributed by atoms with Gasteiger partial charge in [0.05, 0.1) is 6.54 Å². The van der Waals surface area contributed by atoms with Crippen LogP contribution in [0.25, 0.3) is 0 Å². The number of aliphatic imine (C=N–C) groups is 1. The molecule has 0 aliphatic carbocycles. The third kappa shape index (κ3) is 3.56. The summed E-state index contributed by atoms with van der Waals surface area (Å²) in [5.74, 6) is 0. The van der Waals surface area contributed by atoms with Crippen LogP contribution >= 0.6 is 0 Å². The maximum atomic E-state index is 4.02. The minimum absolute atomic E-state index is 0.989. The number of nitrogens with zero attached hydrogens (tertiary/aromatic N) is 2. The van der Waals surface area contributed by atoms with E-state index in [9.17, 15) is 0 Å². The van der Waals surface area contributed by atoms with Crippen molar-refractivity contribution in [3.63, 3.8) is 0 Å². The van der Waals surface area contributed by atoms with Crippen LogP contribution in [0.4, 0.5) is 0 Å². The Morgan fingerprint density at radius 3 is 2.92 bits per heavy atom. The summed E-state index contributed by atoms with van der Waals surface area (Å²) < 4.78 is 0. The smallest absolute Gasteiger partial charge is 0.0527 e. The Kier molecular flexibility index (Phi) is 4.50. The lowest BCUT2D eigenvalue weighted by Crippen LogP contribution is -2.22. The van der Waals surface area contributed by atoms with Crippen LogP contribution in [0.2, 0.25) is 0 Å². The molecule has 1 rings (SSSR count). The summed E-state index contributed by atoms with van der Waals surface area (Å²) in [7, 11) is 0. The summed E-state index contributed by atoms with van der Waals surface area (Å²) in [6, 6.07) is 0. The average molecular weight is 166 g/mol. The van der Waals surface area contributed by atoms with Gasteiger partial charge < -0.3 is 4.90 Å². The van der Waals surface area contributed by atoms with E-state index in [1.807, 2.05) is 12.4 Å². The van der Waals surface area contributed by atoms with Crippen LogP contribution in [-0.2, 0) is 0 Å². The van der Waals surface area contributed by atoms with E-state index >= 15 is 0 Å². The van der Waals surface area contributed by atoms with E-state index in [-0.39, 0.29) is 0 Å². The summed E-state index contributed by atoms with van der Waals surface area (Å²) >= 11 is 0. The van der Waals surface area contributed by atoms with Gasteiger partial charge in [-0.3, -0.25) is 4.99 Å². The third-order valence-corrected chi connectivity index (χ3v) is 2.08. The Morgan fingerprint density at radius 2 is 2.25 bits per heavy atom. The van der Waals surface area contributed by atoms with Crippen molar-refractivity contribution in [1.29, 1.82) is 0 Å². The van der Waals surface area contributed by atoms with Crippen LogP contribution in [0.5, 0.6) is 0 Å². The molecule has 0 unspecified atom stereocenters. The Hall–Kier alpha value is -0.790. The first-order valence-corrected chi connectivity index (χ1v) is 4.86. The van der Waals surface area contributed by atoms with Crippen molar-refractivity contribution < 1.29 is 0 Å². The van der Waals surface area contributed by atoms with Crippen LogP contribution < -0.4 is 0 Å². The molecule has 68 valence electrons. The van der Waals surface area contributed by atoms with Gasteiger partial charge in [0, 0.05) is 25.2 Å². The molecule has 12 heavy (non-hydrogen) atoms. The van der Waals surface area contributed by atoms with Gasteiger partial charge in [0.25, 0.3) is 0 Å². The first kappa shape index (κ1) is 9.30. The predicted octanol–water partition coefficient (Wildman–Crippen LogP) is 2.42. The lowest BCUT2D eigenvalue weighted by molar-refractivity contribution is 0.405. The van der Waals surface area contributed by atoms with Gasteiger partial charge in [-0.2, -0.15) is 0 Å². The zero-order valence-corrected chi connectivity index (χ0v) is 7.87. The molecule has 0 amide bonds. The predicted molar refractivity (Wildman–Crippen MR) is 53.3 cm³/mol. The minimum atomic E-state index is 0.989. The molecule has 0 aromatic heterocycles. The Morgan fingerprint density at radius 1 is 1.33 bits per heavy atom. The molecule has 1 heterocycles. The van der Waals surface area contributed by atoms with Crippen molar-refractivity contribution in [1.82, 2.24) is 4.90 Å². The normalized spacial score (nSPS) is 15.6. The van der Waals surface area contributed by atoms with Crippen LogP contribution in [-0.4, -0.2) is 24.2 Å². The van der Waals surface area contributed by atoms with Crippen molar-refractivity contribution in [2.75, 3.05) is 13.1 Å². The van der Waals surface area contributed by atoms with Gasteiger partial charge in [-0.25, -0.2) is 0 Å². The first-order valence-electron chi connectivity index (χ1n) is 4.86. The fraction of sp³-hybridized carbons (Fsp3) is 0.700. The monoisotopic (exact) mass is 166 g/mol. The Bertz CT molecular complexity index is 161. The van der Waals surface area contributed by atoms with E-state index in [2.05, 4.69) is 23.0 Å². The van der Waals surface area contributed by atoms with E-state index < -0.39 is 0 Å². The van der Waals surface area contributed by atoms with Crippen LogP contribution in [0.3, 0.4) is 0 Å². The molecule has 0 radical (unpaired) electrons. The molecule has 0 atom stereocenters. The first-order chi connectivity index (χ1) is 5.93. The highest BCUT2D eigenvalue weighted by atomic mass is 15.1. The fourth-order valence-corrected chi connectivity index (χ4v) is 1.31. The quantitative estimate of drug-likeness (QED) is 0.573. The maximum absolute atomic E-state index is 4.02. The minimum Gasteiger partial charge on any atom is -0.371 e. The molecule has 0 fully saturated rings. The molecule has 2 nitrogen and oxygen atoms in total. The average Bonchev–Trinajstić information content (AvgIpc) is 2.14. The van der Waals surface area contributed by atoms with Gasteiger partial charge in [0.2, 0.25) is 0 Å². The topological polar surface area (TPSA) is 15.6 Å². The molecule has 0 saturated heterocycles. The summed E-state index contributed by atoms with van der Waals surface area (Å²) in [5.41, 5.74) is 0. The summed E-state index contributed by atoms with van der Waals surface area (Å²) in [4.78, 5) is 6.33. The number of hydrogen-bond acceptors (Lipinski definition) is 2. The zero-order chi connectivity index (χ0) is 8.65. The molecule has 2 heteroatoms. The summed E-state index contributed by atoms with van der Waals surface area (Å²) in [5, 5.41) is 0. The van der Waals surface area contributed by atoms with E-state index in [1.165, 1.54) is 32.2 Å². The van der Waals surface area contributed by atoms with Crippen molar-refractivity contribution >= 4 is 6.21 Å². The standard InChI is InChI=1S/C10H18N2/c1-2-3-4-5-8-12-9-6-11-7-10-12/h6-7,9H,2-5,8,10H2,1H3. The Labute approximate surface area is 75.0 Å². The SMILES string of the molecule is CCCCCCN1C=CN=CC1. The van der Waals surface area contributed by atoms with Crippen molar-refractivity contribution in [2.24, 2.45) is 4.99 Å². The van der Waals surface area contributed by atoms with Gasteiger partial charge in [-0.1, -0.05) is 26.2 Å². The lowest BCUT2D eigenvalue weighted by Gasteiger charge is -2.19. The number of rotatable bonds is 5. The molecule has 1 aliphatic rings. The largest absolute Gasteiger partial charge is 0.371 e. The van der Waals surface area contributed by atoms with E-state index in [1.54, 1.807) is 0 Å². The van der Waals surface area contributed by atoms with Crippen LogP contribution in [0, 0.1) is 0 Å². The number of hydrogen-bond donors (Lipinski definition) is 0. The molecule has 0 bridgehead atoms. The molecule has 0 saturated carbocycles. The van der Waals surface area contributed by atoms with Gasteiger partial charge >= 0.3 is 0 Å². The second-order valence-corrected chi connectivity index (χ2v) is 3.19. The second kappa shape index (κ2) is 5.81. The van der Waals surface area contributed by atoms with Gasteiger partial charge in [0.1, 0.15) is 0 Å². The van der Waals surface area contributed by atoms with Gasteiger partial charge in [-0.05, 0) is 6.42 Å². The van der Waals surface area contributed by atoms with Crippen molar-refractivity contribution in [3.8, 4) is 0 Å². The molecule has 1 aliphatic heterocycles. The zero-order valence-electron chi connectivity index (χ0n) is 7.87. The Balaban J connectivity index is 2.00. The van der Waals surface area contributed by atoms with Crippen molar-refractivity contribution in [2.45, 2.75) is 32.6 Å². The highest BCUT2D eigenvalue weighted by molar-refractivity contribution is 5.61. The van der Waals surface area contributed by atoms with E-state index in [0.29, 0.717) is 0 Å². The molecular formula is C10H18N2. The van der Waals surface area contributed by atoms with Gasteiger partial charge in [0.15, 0.2) is 0 Å². The lowest BCUT2D eigenvalue weighted by atomic mass is 10.2. The maximum Gasteiger partial charge on any atom is 0.0527 e. The molecule has 0 aromatic carbocycles. The summed E-state index contributed by atoms with van der Waals surface area (Å²) in [6.45, 7) is 4.42. The highest BCUT2D eigenvalue weighted by Gasteiger charge is 1.98. The summed E-state index contributed by atoms with van der Waals surface area (Å²) in [6.07, 6.45) is 11.3. The van der Waals surface area contributed by atoms with E-state index in [4.69, 9.17) is 0 Å². The van der Waals surface area contributed by atoms with Gasteiger partial charge in [-0.15, -0.1) is 0 Å².